The summed E-state index contributed by atoms with van der Waals surface area (Å²) in [6, 6.07) is 14.8. The van der Waals surface area contributed by atoms with Crippen LogP contribution in [0.15, 0.2) is 77.6 Å². The van der Waals surface area contributed by atoms with Crippen LogP contribution in [0.4, 0.5) is 27.6 Å². The number of thiophene rings is 1. The van der Waals surface area contributed by atoms with E-state index in [2.05, 4.69) is 0 Å². The summed E-state index contributed by atoms with van der Waals surface area (Å²) in [4.78, 5) is 14.3. The van der Waals surface area contributed by atoms with E-state index in [-0.39, 0.29) is 42.4 Å². The number of rotatable bonds is 7. The number of anilines is 1. The van der Waals surface area contributed by atoms with Gasteiger partial charge in [-0.15, -0.1) is 11.3 Å². The molecule has 45 heavy (non-hydrogen) atoms. The highest BCUT2D eigenvalue weighted by atomic mass is 35.5. The maximum atomic E-state index is 14.6. The Balaban J connectivity index is 1.68. The molecule has 0 spiro atoms. The number of hydrogen-bond donors (Lipinski definition) is 0. The van der Waals surface area contributed by atoms with Crippen molar-refractivity contribution in [1.82, 2.24) is 4.57 Å². The first kappa shape index (κ1) is 32.6. The third-order valence-corrected chi connectivity index (χ3v) is 11.4. The Bertz CT molecular complexity index is 2230. The molecule has 5 rings (SSSR count). The Hall–Kier alpha value is -3.79. The molecule has 0 aliphatic rings. The molecule has 16 heteroatoms. The predicted octanol–water partition coefficient (Wildman–Crippen LogP) is 7.12. The molecule has 0 bridgehead atoms. The second kappa shape index (κ2) is 11.5. The molecule has 0 aliphatic carbocycles. The van der Waals surface area contributed by atoms with E-state index >= 15 is 0 Å². The van der Waals surface area contributed by atoms with Crippen LogP contribution in [-0.4, -0.2) is 33.9 Å². The lowest BCUT2D eigenvalue weighted by atomic mass is 10.1. The number of alkyl halides is 3. The minimum atomic E-state index is -5.14. The summed E-state index contributed by atoms with van der Waals surface area (Å²) in [7, 11) is -9.34. The van der Waals surface area contributed by atoms with Crippen molar-refractivity contribution in [2.75, 3.05) is 16.2 Å². The van der Waals surface area contributed by atoms with Gasteiger partial charge in [-0.25, -0.2) is 25.6 Å². The lowest BCUT2D eigenvalue weighted by Gasteiger charge is -2.24. The molecule has 0 aliphatic heterocycles. The Kier molecular flexibility index (Phi) is 8.36. The average molecular weight is 703 g/mol. The van der Waals surface area contributed by atoms with Crippen molar-refractivity contribution >= 4 is 59.4 Å². The van der Waals surface area contributed by atoms with Crippen LogP contribution in [0.3, 0.4) is 0 Å². The number of nitrogens with zero attached hydrogens (tertiary/aromatic N) is 2. The van der Waals surface area contributed by atoms with Gasteiger partial charge in [0.25, 0.3) is 5.56 Å². The number of aromatic nitrogens is 1. The van der Waals surface area contributed by atoms with Gasteiger partial charge in [-0.2, -0.15) is 16.9 Å². The van der Waals surface area contributed by atoms with Crippen LogP contribution in [0.25, 0.3) is 31.8 Å². The molecule has 0 amide bonds. The van der Waals surface area contributed by atoms with Gasteiger partial charge in [-0.3, -0.25) is 4.79 Å². The van der Waals surface area contributed by atoms with E-state index in [4.69, 9.17) is 11.6 Å². The van der Waals surface area contributed by atoms with Gasteiger partial charge in [0, 0.05) is 16.5 Å². The van der Waals surface area contributed by atoms with Crippen molar-refractivity contribution in [2.24, 2.45) is 0 Å². The molecule has 0 unspecified atom stereocenters. The van der Waals surface area contributed by atoms with Crippen molar-refractivity contribution in [3.63, 3.8) is 0 Å². The molecule has 236 valence electrons. The Labute approximate surface area is 262 Å². The van der Waals surface area contributed by atoms with Gasteiger partial charge in [0.15, 0.2) is 0 Å². The van der Waals surface area contributed by atoms with Gasteiger partial charge in [0.1, 0.15) is 11.6 Å². The number of hydrogen-bond acceptors (Lipinski definition) is 6. The Morgan fingerprint density at radius 2 is 1.53 bits per heavy atom. The molecular weight excluding hydrogens is 683 g/mol. The number of pyridine rings is 1. The first-order valence-electron chi connectivity index (χ1n) is 12.6. The average Bonchev–Trinajstić information content (AvgIpc) is 3.39. The van der Waals surface area contributed by atoms with Crippen LogP contribution in [0, 0.1) is 11.6 Å². The lowest BCUT2D eigenvalue weighted by molar-refractivity contribution is -0.136. The topological polar surface area (TPSA) is 93.5 Å². The molecule has 0 N–H and O–H groups in total. The summed E-state index contributed by atoms with van der Waals surface area (Å²) >= 11 is 7.28. The SMILES string of the molecule is CS(=O)(=O)N(c1ccc(-c2ccc(-c3cc4cccc(Cl)c4c(=O)n3Cc3ccc(F)cc3F)s2)cc1C(F)(F)F)S(C)(=O)=O. The fourth-order valence-electron chi connectivity index (χ4n) is 4.85. The minimum absolute atomic E-state index is 0.00496. The molecule has 2 aromatic heterocycles. The van der Waals surface area contributed by atoms with E-state index in [1.165, 1.54) is 28.8 Å². The summed E-state index contributed by atoms with van der Waals surface area (Å²) in [6.07, 6.45) is -4.19. The summed E-state index contributed by atoms with van der Waals surface area (Å²) < 4.78 is 121. The highest BCUT2D eigenvalue weighted by Crippen LogP contribution is 2.43. The molecule has 0 atom stereocenters. The highest BCUT2D eigenvalue weighted by molar-refractivity contribution is 8.09. The zero-order valence-corrected chi connectivity index (χ0v) is 26.3. The Morgan fingerprint density at radius 1 is 0.867 bits per heavy atom. The van der Waals surface area contributed by atoms with Crippen LogP contribution in [0.5, 0.6) is 0 Å². The zero-order valence-electron chi connectivity index (χ0n) is 23.1. The zero-order chi connectivity index (χ0) is 33.1. The monoisotopic (exact) mass is 702 g/mol. The van der Waals surface area contributed by atoms with Crippen LogP contribution < -0.4 is 9.27 Å². The van der Waals surface area contributed by atoms with Gasteiger partial charge < -0.3 is 4.57 Å². The first-order chi connectivity index (χ1) is 20.9. The van der Waals surface area contributed by atoms with Crippen molar-refractivity contribution in [3.8, 4) is 21.0 Å². The number of benzene rings is 3. The number of halogens is 6. The summed E-state index contributed by atoms with van der Waals surface area (Å²) in [6.45, 7) is -0.325. The highest BCUT2D eigenvalue weighted by Gasteiger charge is 2.40. The third kappa shape index (κ3) is 6.48. The molecule has 0 radical (unpaired) electrons. The van der Waals surface area contributed by atoms with E-state index in [0.717, 1.165) is 29.5 Å². The van der Waals surface area contributed by atoms with Gasteiger partial charge >= 0.3 is 6.18 Å². The summed E-state index contributed by atoms with van der Waals surface area (Å²) in [5.41, 5.74) is -2.94. The van der Waals surface area contributed by atoms with E-state index in [9.17, 15) is 43.6 Å². The van der Waals surface area contributed by atoms with E-state index < -0.39 is 54.7 Å². The van der Waals surface area contributed by atoms with Gasteiger partial charge in [-0.05, 0) is 53.4 Å². The van der Waals surface area contributed by atoms with Crippen LogP contribution in [0.1, 0.15) is 11.1 Å². The maximum absolute atomic E-state index is 14.6. The molecule has 0 saturated carbocycles. The lowest BCUT2D eigenvalue weighted by Crippen LogP contribution is -2.36. The molecule has 2 heterocycles. The predicted molar refractivity (Wildman–Crippen MR) is 165 cm³/mol. The fraction of sp³-hybridized carbons (Fsp3) is 0.138. The number of sulfonamides is 2. The summed E-state index contributed by atoms with van der Waals surface area (Å²) in [5, 5.41) is 0.730. The van der Waals surface area contributed by atoms with Gasteiger partial charge in [-0.1, -0.05) is 35.9 Å². The van der Waals surface area contributed by atoms with Crippen molar-refractivity contribution in [2.45, 2.75) is 12.7 Å². The molecule has 0 fully saturated rings. The van der Waals surface area contributed by atoms with Gasteiger partial charge in [0.05, 0.1) is 51.3 Å². The van der Waals surface area contributed by atoms with E-state index in [1.54, 1.807) is 18.2 Å². The van der Waals surface area contributed by atoms with Crippen LogP contribution in [-0.2, 0) is 32.8 Å². The van der Waals surface area contributed by atoms with Crippen molar-refractivity contribution < 1.29 is 38.8 Å². The second-order valence-electron chi connectivity index (χ2n) is 9.98. The normalized spacial score (nSPS) is 12.5. The minimum Gasteiger partial charge on any atom is -0.302 e. The maximum Gasteiger partial charge on any atom is 0.418 e. The van der Waals surface area contributed by atoms with Crippen LogP contribution >= 0.6 is 22.9 Å². The second-order valence-corrected chi connectivity index (χ2v) is 15.4. The molecule has 0 saturated heterocycles. The van der Waals surface area contributed by atoms with Crippen LogP contribution in [0.2, 0.25) is 5.02 Å². The molecule has 5 aromatic rings. The fourth-order valence-corrected chi connectivity index (χ4v) is 9.14. The van der Waals surface area contributed by atoms with Crippen molar-refractivity contribution in [3.05, 3.63) is 111 Å². The molecule has 7 nitrogen and oxygen atoms in total. The standard InChI is InChI=1S/C29H20ClF5N2O5S3/c1-44(39,40)37(45(2,41)42)23-9-7-16(12-20(23)29(33,34)35)25-10-11-26(43-25)24-13-17-4-3-5-21(30)27(17)28(38)36(24)15-18-6-8-19(31)14-22(18)32/h3-14H,15H2,1-2H3. The Morgan fingerprint density at radius 3 is 2.16 bits per heavy atom. The van der Waals surface area contributed by atoms with Crippen molar-refractivity contribution in [1.29, 1.82) is 0 Å². The van der Waals surface area contributed by atoms with Gasteiger partial charge in [0.2, 0.25) is 20.0 Å². The molecule has 3 aromatic carbocycles. The number of fused-ring (bicyclic) bond motifs is 1. The summed E-state index contributed by atoms with van der Waals surface area (Å²) in [5.74, 6) is -1.70. The smallest absolute Gasteiger partial charge is 0.302 e. The van der Waals surface area contributed by atoms with E-state index in [1.807, 2.05) is 0 Å². The van der Waals surface area contributed by atoms with E-state index in [0.29, 0.717) is 34.9 Å². The largest absolute Gasteiger partial charge is 0.418 e. The quantitative estimate of drug-likeness (QED) is 0.169. The first-order valence-corrected chi connectivity index (χ1v) is 17.5. The third-order valence-electron chi connectivity index (χ3n) is 6.68. The molecular formula is C29H20ClF5N2O5S3.